The summed E-state index contributed by atoms with van der Waals surface area (Å²) in [5.41, 5.74) is 1.50. The van der Waals surface area contributed by atoms with Crippen molar-refractivity contribution in [2.75, 3.05) is 10.2 Å². The lowest BCUT2D eigenvalue weighted by molar-refractivity contribution is -0.142. The molecule has 2 aliphatic rings. The van der Waals surface area contributed by atoms with E-state index in [2.05, 4.69) is 10.6 Å². The van der Waals surface area contributed by atoms with E-state index in [1.807, 2.05) is 12.1 Å². The van der Waals surface area contributed by atoms with Gasteiger partial charge in [-0.15, -0.1) is 0 Å². The Hall–Kier alpha value is -2.57. The molecule has 7 nitrogen and oxygen atoms in total. The highest BCUT2D eigenvalue weighted by Crippen LogP contribution is 2.32. The number of anilines is 2. The summed E-state index contributed by atoms with van der Waals surface area (Å²) >= 11 is 0. The molecule has 0 saturated heterocycles. The van der Waals surface area contributed by atoms with Crippen LogP contribution in [0.25, 0.3) is 0 Å². The van der Waals surface area contributed by atoms with Gasteiger partial charge in [0.05, 0.1) is 5.92 Å². The third-order valence-corrected chi connectivity index (χ3v) is 5.07. The highest BCUT2D eigenvalue weighted by atomic mass is 16.4. The maximum absolute atomic E-state index is 12.1. The second kappa shape index (κ2) is 7.76. The number of nitrogens with one attached hydrogen (secondary N) is 2. The van der Waals surface area contributed by atoms with Gasteiger partial charge in [-0.1, -0.05) is 0 Å². The van der Waals surface area contributed by atoms with E-state index in [1.54, 1.807) is 24.0 Å². The van der Waals surface area contributed by atoms with E-state index in [1.165, 1.54) is 0 Å². The molecule has 140 valence electrons. The number of nitrogens with zero attached hydrogens (tertiary/aromatic N) is 1. The van der Waals surface area contributed by atoms with E-state index in [0.717, 1.165) is 18.5 Å². The first kappa shape index (κ1) is 18.2. The summed E-state index contributed by atoms with van der Waals surface area (Å²) in [7, 11) is 0. The fourth-order valence-corrected chi connectivity index (χ4v) is 3.53. The summed E-state index contributed by atoms with van der Waals surface area (Å²) in [6.07, 6.45) is 4.61. The lowest BCUT2D eigenvalue weighted by Gasteiger charge is -2.26. The van der Waals surface area contributed by atoms with Crippen LogP contribution in [0.1, 0.15) is 45.4 Å². The van der Waals surface area contributed by atoms with Crippen molar-refractivity contribution in [3.8, 4) is 0 Å². The average Bonchev–Trinajstić information content (AvgIpc) is 3.41. The van der Waals surface area contributed by atoms with Crippen LogP contribution in [0.3, 0.4) is 0 Å². The number of aliphatic carboxylic acids is 1. The number of hydrogen-bond donors (Lipinski definition) is 3. The van der Waals surface area contributed by atoms with Crippen molar-refractivity contribution in [3.63, 3.8) is 0 Å². The van der Waals surface area contributed by atoms with Crippen molar-refractivity contribution >= 4 is 29.3 Å². The van der Waals surface area contributed by atoms with Gasteiger partial charge in [0, 0.05) is 30.4 Å². The van der Waals surface area contributed by atoms with Crippen molar-refractivity contribution in [1.29, 1.82) is 0 Å². The van der Waals surface area contributed by atoms with Gasteiger partial charge < -0.3 is 20.6 Å². The van der Waals surface area contributed by atoms with E-state index in [-0.39, 0.29) is 23.9 Å². The third kappa shape index (κ3) is 4.53. The molecule has 0 aliphatic heterocycles. The summed E-state index contributed by atoms with van der Waals surface area (Å²) in [5, 5.41) is 14.7. The molecule has 2 aliphatic carbocycles. The molecule has 1 aromatic rings. The molecule has 3 rings (SSSR count). The summed E-state index contributed by atoms with van der Waals surface area (Å²) in [6.45, 7) is 1.57. The van der Waals surface area contributed by atoms with Crippen molar-refractivity contribution in [1.82, 2.24) is 5.32 Å². The normalized spacial score (nSPS) is 22.3. The quantitative estimate of drug-likeness (QED) is 0.753. The van der Waals surface area contributed by atoms with Crippen LogP contribution in [0, 0.1) is 5.92 Å². The van der Waals surface area contributed by atoms with Crippen LogP contribution in [0.15, 0.2) is 24.3 Å². The Morgan fingerprint density at radius 2 is 1.62 bits per heavy atom. The Kier molecular flexibility index (Phi) is 5.44. The number of urea groups is 1. The SMILES string of the molecule is CC(=O)N(c1ccc(NC(=O)NC2CCC(C(=O)O)CC2)cc1)C1CC1. The van der Waals surface area contributed by atoms with Crippen LogP contribution in [0.4, 0.5) is 16.2 Å². The van der Waals surface area contributed by atoms with Crippen molar-refractivity contribution in [2.45, 2.75) is 57.5 Å². The largest absolute Gasteiger partial charge is 0.481 e. The number of amides is 3. The topological polar surface area (TPSA) is 98.7 Å². The van der Waals surface area contributed by atoms with Crippen LogP contribution in [0.5, 0.6) is 0 Å². The molecule has 7 heteroatoms. The molecule has 2 fully saturated rings. The summed E-state index contributed by atoms with van der Waals surface area (Å²) in [5.74, 6) is -1.01. The van der Waals surface area contributed by atoms with Crippen molar-refractivity contribution in [3.05, 3.63) is 24.3 Å². The highest BCUT2D eigenvalue weighted by molar-refractivity contribution is 5.93. The molecule has 0 radical (unpaired) electrons. The predicted molar refractivity (Wildman–Crippen MR) is 98.2 cm³/mol. The van der Waals surface area contributed by atoms with E-state index >= 15 is 0 Å². The molecule has 3 amide bonds. The predicted octanol–water partition coefficient (Wildman–Crippen LogP) is 2.97. The van der Waals surface area contributed by atoms with Crippen LogP contribution < -0.4 is 15.5 Å². The number of carbonyl (C=O) groups excluding carboxylic acids is 2. The lowest BCUT2D eigenvalue weighted by Crippen LogP contribution is -2.41. The minimum absolute atomic E-state index is 0.00736. The fraction of sp³-hybridized carbons (Fsp3) is 0.526. The van der Waals surface area contributed by atoms with Gasteiger partial charge in [0.1, 0.15) is 0 Å². The van der Waals surface area contributed by atoms with Crippen LogP contribution in [-0.4, -0.2) is 35.1 Å². The Morgan fingerprint density at radius 3 is 2.12 bits per heavy atom. The van der Waals surface area contributed by atoms with Crippen LogP contribution >= 0.6 is 0 Å². The molecular weight excluding hydrogens is 334 g/mol. The second-order valence-corrected chi connectivity index (χ2v) is 7.15. The van der Waals surface area contributed by atoms with Gasteiger partial charge in [-0.05, 0) is 62.8 Å². The first-order valence-electron chi connectivity index (χ1n) is 9.14. The number of carboxylic acids is 1. The second-order valence-electron chi connectivity index (χ2n) is 7.15. The molecular formula is C19H25N3O4. The molecule has 3 N–H and O–H groups in total. The molecule has 2 saturated carbocycles. The number of rotatable bonds is 5. The number of benzene rings is 1. The molecule has 0 spiro atoms. The maximum atomic E-state index is 12.1. The fourth-order valence-electron chi connectivity index (χ4n) is 3.53. The standard InChI is InChI=1S/C19H25N3O4/c1-12(23)22(17-10-11-17)16-8-6-15(7-9-16)21-19(26)20-14-4-2-13(3-5-14)18(24)25/h6-9,13-14,17H,2-5,10-11H2,1H3,(H,24,25)(H2,20,21,26). The van der Waals surface area contributed by atoms with E-state index in [9.17, 15) is 14.4 Å². The first-order chi connectivity index (χ1) is 12.4. The van der Waals surface area contributed by atoms with Crippen LogP contribution in [-0.2, 0) is 9.59 Å². The van der Waals surface area contributed by atoms with E-state index in [4.69, 9.17) is 5.11 Å². The molecule has 0 aromatic heterocycles. The van der Waals surface area contributed by atoms with Gasteiger partial charge in [0.25, 0.3) is 0 Å². The van der Waals surface area contributed by atoms with Gasteiger partial charge in [0.2, 0.25) is 5.91 Å². The van der Waals surface area contributed by atoms with Gasteiger partial charge in [-0.2, -0.15) is 0 Å². The molecule has 0 atom stereocenters. The number of carbonyl (C=O) groups is 3. The summed E-state index contributed by atoms with van der Waals surface area (Å²) in [4.78, 5) is 36.7. The van der Waals surface area contributed by atoms with Gasteiger partial charge in [-0.3, -0.25) is 9.59 Å². The zero-order valence-corrected chi connectivity index (χ0v) is 14.9. The Morgan fingerprint density at radius 1 is 1.00 bits per heavy atom. The van der Waals surface area contributed by atoms with E-state index < -0.39 is 5.97 Å². The number of carboxylic acid groups (broad SMARTS) is 1. The Balaban J connectivity index is 1.50. The summed E-state index contributed by atoms with van der Waals surface area (Å²) < 4.78 is 0. The minimum Gasteiger partial charge on any atom is -0.481 e. The van der Waals surface area contributed by atoms with Crippen LogP contribution in [0.2, 0.25) is 0 Å². The zero-order chi connectivity index (χ0) is 18.7. The molecule has 0 bridgehead atoms. The molecule has 0 unspecified atom stereocenters. The Bertz CT molecular complexity index is 677. The molecule has 0 heterocycles. The van der Waals surface area contributed by atoms with E-state index in [0.29, 0.717) is 37.4 Å². The number of hydrogen-bond acceptors (Lipinski definition) is 3. The average molecular weight is 359 g/mol. The molecule has 26 heavy (non-hydrogen) atoms. The van der Waals surface area contributed by atoms with Crippen molar-refractivity contribution in [2.24, 2.45) is 5.92 Å². The first-order valence-corrected chi connectivity index (χ1v) is 9.14. The third-order valence-electron chi connectivity index (χ3n) is 5.07. The van der Waals surface area contributed by atoms with Crippen molar-refractivity contribution < 1.29 is 19.5 Å². The monoisotopic (exact) mass is 359 g/mol. The lowest BCUT2D eigenvalue weighted by atomic mass is 9.86. The van der Waals surface area contributed by atoms with Gasteiger partial charge >= 0.3 is 12.0 Å². The van der Waals surface area contributed by atoms with Gasteiger partial charge in [-0.25, -0.2) is 4.79 Å². The zero-order valence-electron chi connectivity index (χ0n) is 14.9. The molecule has 1 aromatic carbocycles. The Labute approximate surface area is 152 Å². The summed E-state index contributed by atoms with van der Waals surface area (Å²) in [6, 6.07) is 7.27. The smallest absolute Gasteiger partial charge is 0.319 e. The highest BCUT2D eigenvalue weighted by Gasteiger charge is 2.32. The minimum atomic E-state index is -0.751. The maximum Gasteiger partial charge on any atom is 0.319 e. The van der Waals surface area contributed by atoms with Gasteiger partial charge in [0.15, 0.2) is 0 Å².